The van der Waals surface area contributed by atoms with Gasteiger partial charge in [-0.2, -0.15) is 0 Å². The van der Waals surface area contributed by atoms with Crippen LogP contribution < -0.4 is 0 Å². The summed E-state index contributed by atoms with van der Waals surface area (Å²) in [6, 6.07) is 0. The van der Waals surface area contributed by atoms with E-state index in [1.807, 2.05) is 0 Å². The molecule has 0 aliphatic carbocycles. The van der Waals surface area contributed by atoms with Crippen molar-refractivity contribution in [1.82, 2.24) is 0 Å². The van der Waals surface area contributed by atoms with Gasteiger partial charge in [0.05, 0.1) is 0 Å². The largest absolute Gasteiger partial charge is 0.131 e. The SMILES string of the molecule is CC(=C=C1[Si](C)(C)C(=C=C(C)CC(C)(C)C)[Si]1(C)C)CC(C)(C)C. The average molecular weight is 361 g/mol. The first-order chi connectivity index (χ1) is 10.5. The zero-order valence-electron chi connectivity index (χ0n) is 18.4. The van der Waals surface area contributed by atoms with Gasteiger partial charge >= 0.3 is 0 Å². The van der Waals surface area contributed by atoms with Crippen LogP contribution in [0.4, 0.5) is 0 Å². The second-order valence-corrected chi connectivity index (χ2v) is 20.8. The third-order valence-corrected chi connectivity index (χ3v) is 17.8. The van der Waals surface area contributed by atoms with Gasteiger partial charge in [0.1, 0.15) is 16.1 Å². The summed E-state index contributed by atoms with van der Waals surface area (Å²) in [5.74, 6) is 0. The Kier molecular flexibility index (Phi) is 5.96. The van der Waals surface area contributed by atoms with Gasteiger partial charge in [0.15, 0.2) is 0 Å². The molecule has 0 radical (unpaired) electrons. The lowest BCUT2D eigenvalue weighted by molar-refractivity contribution is 0.409. The molecule has 1 fully saturated rings. The van der Waals surface area contributed by atoms with Crippen molar-refractivity contribution in [3.63, 3.8) is 0 Å². The molecule has 0 aromatic heterocycles. The molecule has 0 spiro atoms. The molecule has 0 bridgehead atoms. The van der Waals surface area contributed by atoms with Gasteiger partial charge in [0.2, 0.25) is 0 Å². The van der Waals surface area contributed by atoms with Crippen molar-refractivity contribution in [2.45, 2.75) is 94.4 Å². The predicted octanol–water partition coefficient (Wildman–Crippen LogP) is 7.39. The molecule has 0 amide bonds. The van der Waals surface area contributed by atoms with Crippen LogP contribution in [0.5, 0.6) is 0 Å². The Morgan fingerprint density at radius 2 is 0.917 bits per heavy atom. The van der Waals surface area contributed by atoms with E-state index in [0.29, 0.717) is 10.8 Å². The second-order valence-electron chi connectivity index (χ2n) is 11.3. The Hall–Kier alpha value is -0.526. The molecule has 0 aromatic carbocycles. The van der Waals surface area contributed by atoms with Crippen LogP contribution in [0, 0.1) is 10.8 Å². The normalized spacial score (nSPS) is 19.3. The summed E-state index contributed by atoms with van der Waals surface area (Å²) in [5.41, 5.74) is 11.4. The van der Waals surface area contributed by atoms with Crippen molar-refractivity contribution in [3.05, 3.63) is 32.2 Å². The molecule has 24 heavy (non-hydrogen) atoms. The van der Waals surface area contributed by atoms with Gasteiger partial charge in [-0.05, 0) is 58.3 Å². The van der Waals surface area contributed by atoms with Crippen LogP contribution in [0.3, 0.4) is 0 Å². The van der Waals surface area contributed by atoms with Gasteiger partial charge < -0.3 is 0 Å². The molecule has 1 aliphatic rings. The number of hydrogen-bond acceptors (Lipinski definition) is 0. The molecule has 136 valence electrons. The third-order valence-electron chi connectivity index (χ3n) is 4.77. The van der Waals surface area contributed by atoms with Gasteiger partial charge in [-0.15, -0.1) is 11.5 Å². The van der Waals surface area contributed by atoms with Crippen LogP contribution in [0.1, 0.15) is 68.2 Å². The standard InChI is InChI=1S/C22H40Si2/c1-17(15-21(3,4)5)13-19-23(9,10)20(24(19,11)12)14-18(2)16-22(6,7)8/h15-16H2,1-12H3. The van der Waals surface area contributed by atoms with Crippen molar-refractivity contribution < 1.29 is 0 Å². The van der Waals surface area contributed by atoms with Gasteiger partial charge in [0.25, 0.3) is 0 Å². The maximum Gasteiger partial charge on any atom is 0.113 e. The van der Waals surface area contributed by atoms with E-state index in [2.05, 4.69) is 93.0 Å². The summed E-state index contributed by atoms with van der Waals surface area (Å²) >= 11 is 0. The van der Waals surface area contributed by atoms with Gasteiger partial charge in [0, 0.05) is 0 Å². The van der Waals surface area contributed by atoms with Gasteiger partial charge in [-0.25, -0.2) is 0 Å². The number of allylic oxidation sites excluding steroid dienone is 2. The molecule has 0 aromatic rings. The zero-order valence-corrected chi connectivity index (χ0v) is 20.4. The van der Waals surface area contributed by atoms with Crippen molar-refractivity contribution in [1.29, 1.82) is 0 Å². The van der Waals surface area contributed by atoms with Gasteiger partial charge in [-0.3, -0.25) is 0 Å². The molecule has 1 saturated heterocycles. The summed E-state index contributed by atoms with van der Waals surface area (Å²) in [4.78, 5) is 3.42. The second kappa shape index (κ2) is 6.65. The lowest BCUT2D eigenvalue weighted by atomic mass is 9.89. The molecule has 0 N–H and O–H groups in total. The number of rotatable bonds is 2. The first-order valence-electron chi connectivity index (χ1n) is 9.41. The summed E-state index contributed by atoms with van der Waals surface area (Å²) < 4.78 is 0. The predicted molar refractivity (Wildman–Crippen MR) is 116 cm³/mol. The first-order valence-corrected chi connectivity index (χ1v) is 15.4. The van der Waals surface area contributed by atoms with E-state index < -0.39 is 16.1 Å². The highest BCUT2D eigenvalue weighted by molar-refractivity contribution is 7.29. The lowest BCUT2D eigenvalue weighted by Gasteiger charge is -2.51. The smallest absolute Gasteiger partial charge is 0.113 e. The van der Waals surface area contributed by atoms with E-state index in [0.717, 1.165) is 12.8 Å². The lowest BCUT2D eigenvalue weighted by Crippen LogP contribution is -2.63. The molecule has 1 heterocycles. The first kappa shape index (κ1) is 21.5. The molecular weight excluding hydrogens is 320 g/mol. The van der Waals surface area contributed by atoms with Crippen LogP contribution in [0.25, 0.3) is 0 Å². The highest BCUT2D eigenvalue weighted by atomic mass is 28.5. The Labute approximate surface area is 153 Å². The van der Waals surface area contributed by atoms with Crippen molar-refractivity contribution >= 4 is 16.1 Å². The molecule has 0 atom stereocenters. The molecule has 1 aliphatic heterocycles. The summed E-state index contributed by atoms with van der Waals surface area (Å²) in [6.07, 6.45) is 2.28. The molecule has 0 unspecified atom stereocenters. The van der Waals surface area contributed by atoms with E-state index in [1.165, 1.54) is 11.1 Å². The highest BCUT2D eigenvalue weighted by Crippen LogP contribution is 2.47. The Balaban J connectivity index is 3.36. The van der Waals surface area contributed by atoms with Crippen LogP contribution in [-0.4, -0.2) is 16.1 Å². The number of hydrogen-bond donors (Lipinski definition) is 0. The van der Waals surface area contributed by atoms with E-state index in [4.69, 9.17) is 0 Å². The van der Waals surface area contributed by atoms with E-state index >= 15 is 0 Å². The summed E-state index contributed by atoms with van der Waals surface area (Å²) in [7, 11) is -2.98. The maximum atomic E-state index is 3.89. The van der Waals surface area contributed by atoms with Crippen molar-refractivity contribution in [2.75, 3.05) is 0 Å². The topological polar surface area (TPSA) is 0 Å². The monoisotopic (exact) mass is 360 g/mol. The Morgan fingerprint density at radius 1 is 0.667 bits per heavy atom. The molecule has 0 nitrogen and oxygen atoms in total. The summed E-state index contributed by atoms with van der Waals surface area (Å²) in [6.45, 7) is 28.5. The fourth-order valence-electron chi connectivity index (χ4n) is 4.48. The average Bonchev–Trinajstić information content (AvgIpc) is 2.28. The van der Waals surface area contributed by atoms with Crippen molar-refractivity contribution in [3.8, 4) is 0 Å². The summed E-state index contributed by atoms with van der Waals surface area (Å²) in [5, 5.41) is 0. The Morgan fingerprint density at radius 3 is 1.12 bits per heavy atom. The van der Waals surface area contributed by atoms with Crippen molar-refractivity contribution in [2.24, 2.45) is 10.8 Å². The van der Waals surface area contributed by atoms with Gasteiger partial charge in [-0.1, -0.05) is 67.7 Å². The van der Waals surface area contributed by atoms with E-state index in [9.17, 15) is 0 Å². The molecule has 0 saturated carbocycles. The minimum atomic E-state index is -1.49. The maximum absolute atomic E-state index is 3.89. The van der Waals surface area contributed by atoms with E-state index in [1.54, 1.807) is 9.64 Å². The van der Waals surface area contributed by atoms with Crippen LogP contribution in [0.2, 0.25) is 26.2 Å². The van der Waals surface area contributed by atoms with Crippen LogP contribution in [0.15, 0.2) is 32.2 Å². The minimum absolute atomic E-state index is 0.348. The quantitative estimate of drug-likeness (QED) is 0.356. The zero-order chi connectivity index (χ0) is 19.1. The molecule has 1 rings (SSSR count). The fraction of sp³-hybridized carbons (Fsp3) is 0.727. The minimum Gasteiger partial charge on any atom is -0.131 e. The van der Waals surface area contributed by atoms with Crippen LogP contribution >= 0.6 is 0 Å². The molecular formula is C22H40Si2. The van der Waals surface area contributed by atoms with E-state index in [-0.39, 0.29) is 0 Å². The highest BCUT2D eigenvalue weighted by Gasteiger charge is 2.56. The molecule has 2 heteroatoms. The third kappa shape index (κ3) is 5.23. The fourth-order valence-corrected chi connectivity index (χ4v) is 20.2. The Bertz CT molecular complexity index is 556. The van der Waals surface area contributed by atoms with Crippen LogP contribution in [-0.2, 0) is 0 Å².